The van der Waals surface area contributed by atoms with Crippen LogP contribution >= 0.6 is 0 Å². The molecule has 0 aliphatic carbocycles. The third-order valence-electron chi connectivity index (χ3n) is 5.83. The highest BCUT2D eigenvalue weighted by Gasteiger charge is 2.48. The highest BCUT2D eigenvalue weighted by molar-refractivity contribution is 5.87. The standard InChI is InChI=1S/C20H24N2O4/c1-2-18(23)21-12-9-20(10-13-21)8-5-11-22(20)19(24)17-14-25-15-6-3-4-7-16(15)26-17/h2-4,6-7,17H,1,5,8-14H2. The summed E-state index contributed by atoms with van der Waals surface area (Å²) in [6.45, 7) is 5.88. The Bertz CT molecular complexity index is 724. The fourth-order valence-electron chi connectivity index (χ4n) is 4.39. The van der Waals surface area contributed by atoms with Crippen molar-refractivity contribution in [3.8, 4) is 11.5 Å². The second kappa shape index (κ2) is 6.67. The minimum atomic E-state index is -0.604. The lowest BCUT2D eigenvalue weighted by molar-refractivity contribution is -0.147. The summed E-state index contributed by atoms with van der Waals surface area (Å²) in [6.07, 6.45) is 4.35. The lowest BCUT2D eigenvalue weighted by Gasteiger charge is -2.45. The number of nitrogens with zero attached hydrogens (tertiary/aromatic N) is 2. The van der Waals surface area contributed by atoms with Gasteiger partial charge in [-0.3, -0.25) is 9.59 Å². The van der Waals surface area contributed by atoms with Gasteiger partial charge in [-0.1, -0.05) is 18.7 Å². The van der Waals surface area contributed by atoms with Gasteiger partial charge in [0.15, 0.2) is 11.5 Å². The van der Waals surface area contributed by atoms with E-state index in [4.69, 9.17) is 9.47 Å². The summed E-state index contributed by atoms with van der Waals surface area (Å²) in [5.41, 5.74) is -0.157. The zero-order valence-corrected chi connectivity index (χ0v) is 14.9. The van der Waals surface area contributed by atoms with Crippen molar-refractivity contribution in [2.75, 3.05) is 26.2 Å². The van der Waals surface area contributed by atoms with Crippen molar-refractivity contribution in [1.82, 2.24) is 9.80 Å². The van der Waals surface area contributed by atoms with E-state index in [1.54, 1.807) is 0 Å². The van der Waals surface area contributed by atoms with Crippen molar-refractivity contribution < 1.29 is 19.1 Å². The lowest BCUT2D eigenvalue weighted by Crippen LogP contribution is -2.58. The Kier molecular flexibility index (Phi) is 4.34. The number of fused-ring (bicyclic) bond motifs is 1. The molecule has 3 aliphatic heterocycles. The first kappa shape index (κ1) is 16.9. The topological polar surface area (TPSA) is 59.1 Å². The van der Waals surface area contributed by atoms with Crippen molar-refractivity contribution in [2.24, 2.45) is 0 Å². The van der Waals surface area contributed by atoms with Crippen LogP contribution in [-0.4, -0.2) is 59.5 Å². The van der Waals surface area contributed by atoms with E-state index in [2.05, 4.69) is 6.58 Å². The third kappa shape index (κ3) is 2.83. The quantitative estimate of drug-likeness (QED) is 0.761. The maximum atomic E-state index is 13.2. The maximum absolute atomic E-state index is 13.2. The molecule has 0 radical (unpaired) electrons. The van der Waals surface area contributed by atoms with Gasteiger partial charge >= 0.3 is 0 Å². The molecule has 3 aliphatic rings. The summed E-state index contributed by atoms with van der Waals surface area (Å²) < 4.78 is 11.6. The van der Waals surface area contributed by atoms with Crippen LogP contribution in [0.2, 0.25) is 0 Å². The van der Waals surface area contributed by atoms with E-state index in [0.29, 0.717) is 24.6 Å². The molecule has 1 atom stereocenters. The van der Waals surface area contributed by atoms with Crippen LogP contribution in [0.15, 0.2) is 36.9 Å². The first-order valence-electron chi connectivity index (χ1n) is 9.24. The van der Waals surface area contributed by atoms with Gasteiger partial charge in [0, 0.05) is 25.2 Å². The molecule has 0 bridgehead atoms. The lowest BCUT2D eigenvalue weighted by atomic mass is 9.84. The number of likely N-dealkylation sites (tertiary alicyclic amines) is 2. The molecule has 1 aromatic rings. The van der Waals surface area contributed by atoms with Crippen molar-refractivity contribution in [1.29, 1.82) is 0 Å². The maximum Gasteiger partial charge on any atom is 0.267 e. The summed E-state index contributed by atoms with van der Waals surface area (Å²) >= 11 is 0. The van der Waals surface area contributed by atoms with Gasteiger partial charge < -0.3 is 19.3 Å². The zero-order valence-electron chi connectivity index (χ0n) is 14.9. The van der Waals surface area contributed by atoms with E-state index in [1.807, 2.05) is 34.1 Å². The Labute approximate surface area is 153 Å². The number of ether oxygens (including phenoxy) is 2. The number of benzene rings is 1. The summed E-state index contributed by atoms with van der Waals surface area (Å²) in [5.74, 6) is 1.28. The zero-order chi connectivity index (χ0) is 18.1. The van der Waals surface area contributed by atoms with Crippen LogP contribution in [0.4, 0.5) is 0 Å². The number of piperidine rings is 1. The van der Waals surface area contributed by atoms with E-state index in [0.717, 1.165) is 32.2 Å². The second-order valence-electron chi connectivity index (χ2n) is 7.21. The van der Waals surface area contributed by atoms with Crippen molar-refractivity contribution in [2.45, 2.75) is 37.3 Å². The van der Waals surface area contributed by atoms with Gasteiger partial charge in [0.05, 0.1) is 0 Å². The number of hydrogen-bond acceptors (Lipinski definition) is 4. The Morgan fingerprint density at radius 1 is 1.12 bits per heavy atom. The van der Waals surface area contributed by atoms with E-state index in [1.165, 1.54) is 6.08 Å². The highest BCUT2D eigenvalue weighted by Crippen LogP contribution is 2.40. The fraction of sp³-hybridized carbons (Fsp3) is 0.500. The molecule has 0 N–H and O–H groups in total. The first-order chi connectivity index (χ1) is 12.6. The molecule has 1 aromatic carbocycles. The van der Waals surface area contributed by atoms with Crippen LogP contribution in [0.1, 0.15) is 25.7 Å². The largest absolute Gasteiger partial charge is 0.485 e. The van der Waals surface area contributed by atoms with Crippen molar-refractivity contribution >= 4 is 11.8 Å². The predicted molar refractivity (Wildman–Crippen MR) is 96.0 cm³/mol. The molecule has 2 fully saturated rings. The summed E-state index contributed by atoms with van der Waals surface area (Å²) in [6, 6.07) is 7.43. The number of carbonyl (C=O) groups is 2. The molecule has 0 aromatic heterocycles. The highest BCUT2D eigenvalue weighted by atomic mass is 16.6. The second-order valence-corrected chi connectivity index (χ2v) is 7.21. The smallest absolute Gasteiger partial charge is 0.267 e. The molecular formula is C20H24N2O4. The van der Waals surface area contributed by atoms with Gasteiger partial charge in [-0.15, -0.1) is 0 Å². The molecule has 0 saturated carbocycles. The summed E-state index contributed by atoms with van der Waals surface area (Å²) in [7, 11) is 0. The molecule has 1 unspecified atom stereocenters. The number of rotatable bonds is 2. The molecule has 3 heterocycles. The Hall–Kier alpha value is -2.50. The summed E-state index contributed by atoms with van der Waals surface area (Å²) in [4.78, 5) is 28.8. The Balaban J connectivity index is 1.46. The van der Waals surface area contributed by atoms with Gasteiger partial charge in [-0.25, -0.2) is 0 Å². The number of para-hydroxylation sites is 2. The van der Waals surface area contributed by atoms with Gasteiger partial charge in [0.1, 0.15) is 6.61 Å². The predicted octanol–water partition coefficient (Wildman–Crippen LogP) is 2.00. The molecule has 26 heavy (non-hydrogen) atoms. The molecule has 138 valence electrons. The number of carbonyl (C=O) groups excluding carboxylic acids is 2. The van der Waals surface area contributed by atoms with E-state index < -0.39 is 6.10 Å². The van der Waals surface area contributed by atoms with E-state index >= 15 is 0 Å². The normalized spacial score (nSPS) is 23.8. The fourth-order valence-corrected chi connectivity index (χ4v) is 4.39. The molecule has 4 rings (SSSR count). The van der Waals surface area contributed by atoms with Gasteiger partial charge in [-0.05, 0) is 43.9 Å². The van der Waals surface area contributed by atoms with E-state index in [-0.39, 0.29) is 24.0 Å². The molecule has 6 nitrogen and oxygen atoms in total. The van der Waals surface area contributed by atoms with E-state index in [9.17, 15) is 9.59 Å². The van der Waals surface area contributed by atoms with Crippen molar-refractivity contribution in [3.63, 3.8) is 0 Å². The molecular weight excluding hydrogens is 332 g/mol. The average Bonchev–Trinajstić information content (AvgIpc) is 3.10. The van der Waals surface area contributed by atoms with Gasteiger partial charge in [-0.2, -0.15) is 0 Å². The van der Waals surface area contributed by atoms with Crippen LogP contribution < -0.4 is 9.47 Å². The van der Waals surface area contributed by atoms with Crippen molar-refractivity contribution in [3.05, 3.63) is 36.9 Å². The molecule has 2 saturated heterocycles. The molecule has 6 heteroatoms. The monoisotopic (exact) mass is 356 g/mol. The third-order valence-corrected chi connectivity index (χ3v) is 5.83. The van der Waals surface area contributed by atoms with Crippen LogP contribution in [0.25, 0.3) is 0 Å². The Morgan fingerprint density at radius 3 is 2.58 bits per heavy atom. The SMILES string of the molecule is C=CC(=O)N1CCC2(CCCN2C(=O)C2COc3ccccc3O2)CC1. The minimum absolute atomic E-state index is 0.000463. The van der Waals surface area contributed by atoms with Crippen LogP contribution in [0, 0.1) is 0 Å². The molecule has 1 spiro atoms. The summed E-state index contributed by atoms with van der Waals surface area (Å²) in [5, 5.41) is 0. The number of hydrogen-bond donors (Lipinski definition) is 0. The first-order valence-corrected chi connectivity index (χ1v) is 9.24. The Morgan fingerprint density at radius 2 is 1.85 bits per heavy atom. The minimum Gasteiger partial charge on any atom is -0.485 e. The van der Waals surface area contributed by atoms with Gasteiger partial charge in [0.25, 0.3) is 5.91 Å². The van der Waals surface area contributed by atoms with Gasteiger partial charge in [0.2, 0.25) is 12.0 Å². The van der Waals surface area contributed by atoms with Crippen LogP contribution in [0.5, 0.6) is 11.5 Å². The average molecular weight is 356 g/mol. The van der Waals surface area contributed by atoms with Crippen LogP contribution in [-0.2, 0) is 9.59 Å². The number of amides is 2. The van der Waals surface area contributed by atoms with Crippen LogP contribution in [0.3, 0.4) is 0 Å². The molecule has 2 amide bonds.